The topological polar surface area (TPSA) is 195 Å². The number of hydrogen-bond donors (Lipinski definition) is 4. The first-order chi connectivity index (χ1) is 37.5. The highest BCUT2D eigenvalue weighted by Crippen LogP contribution is 2.49. The molecule has 0 unspecified atom stereocenters. The van der Waals surface area contributed by atoms with Gasteiger partial charge in [-0.1, -0.05) is 191 Å². The van der Waals surface area contributed by atoms with Crippen LogP contribution in [0.15, 0.2) is 109 Å². The largest absolute Gasteiger partial charge is 0.481 e. The van der Waals surface area contributed by atoms with Gasteiger partial charge in [0.1, 0.15) is 13.2 Å². The fraction of sp³-hybridized carbons (Fsp3) is 0.431. The Kier molecular flexibility index (Phi) is 34.5. The van der Waals surface area contributed by atoms with E-state index in [1.54, 1.807) is 85.5 Å². The maximum atomic E-state index is 12.4. The van der Waals surface area contributed by atoms with Gasteiger partial charge in [0.25, 0.3) is 0 Å². The molecule has 6 rings (SSSR count). The van der Waals surface area contributed by atoms with E-state index >= 15 is 0 Å². The summed E-state index contributed by atoms with van der Waals surface area (Å²) in [5.41, 5.74) is 6.44. The van der Waals surface area contributed by atoms with Crippen molar-refractivity contribution in [2.45, 2.75) is 73.1 Å². The number of aliphatic carboxylic acids is 1. The minimum atomic E-state index is -3.44. The molecule has 0 aliphatic carbocycles. The van der Waals surface area contributed by atoms with Gasteiger partial charge in [0.15, 0.2) is 0 Å². The summed E-state index contributed by atoms with van der Waals surface area (Å²) in [7, 11) is 6.05. The Morgan fingerprint density at radius 1 is 0.436 bits per heavy atom. The maximum Gasteiger partial charge on any atom is 0.474 e. The molecule has 3 atom stereocenters. The molecule has 428 valence electrons. The van der Waals surface area contributed by atoms with E-state index in [0.717, 1.165) is 55.5 Å². The van der Waals surface area contributed by atoms with Crippen LogP contribution in [0.1, 0.15) is 85.8 Å². The zero-order valence-electron chi connectivity index (χ0n) is 45.9. The molecule has 6 aromatic rings. The first-order valence-corrected chi connectivity index (χ1v) is 34.6. The van der Waals surface area contributed by atoms with Gasteiger partial charge in [-0.15, -0.1) is 0 Å². The van der Waals surface area contributed by atoms with Crippen LogP contribution in [-0.4, -0.2) is 126 Å². The predicted octanol–water partition coefficient (Wildman–Crippen LogP) is 14.2. The Balaban J connectivity index is 0.000000298. The lowest BCUT2D eigenvalue weighted by Gasteiger charge is -2.16. The minimum Gasteiger partial charge on any atom is -0.481 e. The number of phosphoric ester groups is 1. The second kappa shape index (κ2) is 39.1. The third-order valence-corrected chi connectivity index (χ3v) is 19.9. The van der Waals surface area contributed by atoms with Crippen molar-refractivity contribution in [1.82, 2.24) is 0 Å². The van der Waals surface area contributed by atoms with E-state index in [2.05, 4.69) is 74.5 Å². The van der Waals surface area contributed by atoms with Gasteiger partial charge in [0.05, 0.1) is 57.4 Å². The van der Waals surface area contributed by atoms with Crippen LogP contribution < -0.4 is 0 Å². The molecule has 0 bridgehead atoms. The van der Waals surface area contributed by atoms with Crippen LogP contribution in [0.2, 0.25) is 0 Å². The lowest BCUT2D eigenvalue weighted by molar-refractivity contribution is -0.145. The van der Waals surface area contributed by atoms with E-state index in [1.807, 2.05) is 69.3 Å². The number of ether oxygens (including phenoxy) is 2. The molecule has 0 aromatic heterocycles. The number of carboxylic acids is 1. The summed E-state index contributed by atoms with van der Waals surface area (Å²) in [5, 5.41) is 41.0. The smallest absolute Gasteiger partial charge is 0.474 e. The van der Waals surface area contributed by atoms with Crippen LogP contribution in [0.5, 0.6) is 0 Å². The molecule has 0 radical (unpaired) electrons. The van der Waals surface area contributed by atoms with E-state index < -0.39 is 19.7 Å². The maximum absolute atomic E-state index is 12.4. The van der Waals surface area contributed by atoms with Gasteiger partial charge in [-0.05, 0) is 104 Å². The van der Waals surface area contributed by atoms with Crippen molar-refractivity contribution in [3.8, 4) is 0 Å². The summed E-state index contributed by atoms with van der Waals surface area (Å²) in [6.07, 6.45) is 0. The summed E-state index contributed by atoms with van der Waals surface area (Å²) in [6.45, 7) is 17.3. The molecule has 13 nitrogen and oxygen atoms in total. The summed E-state index contributed by atoms with van der Waals surface area (Å²) < 4.78 is 38.3. The van der Waals surface area contributed by atoms with Crippen LogP contribution in [0.25, 0.3) is 32.3 Å². The SMILES string of the molecule is CCOP(=O)(OCC)OCCSSCCOC(=O)[C@@H](C)c1ccc2cc(C)ccc2c1.Cc1ccc2cc([C@H](C)C(=O)O)ccc2c1.Cc1ccc2cc([C@H](C)C(=O)OCCSSCCO)ccc2c1.OCCSSCCO. The number of aryl methyl sites for hydroxylation is 3. The molecule has 0 amide bonds. The van der Waals surface area contributed by atoms with Crippen molar-refractivity contribution >= 4 is 123 Å². The number of aliphatic hydroxyl groups is 3. The second-order valence-corrected chi connectivity index (χ2v) is 27.2. The quantitative estimate of drug-likeness (QED) is 0.0150. The first-order valence-electron chi connectivity index (χ1n) is 25.7. The number of carbonyl (C=O) groups is 3. The number of esters is 2. The highest BCUT2D eigenvalue weighted by atomic mass is 33.1. The van der Waals surface area contributed by atoms with Crippen molar-refractivity contribution in [3.05, 3.63) is 143 Å². The van der Waals surface area contributed by atoms with Crippen molar-refractivity contribution in [1.29, 1.82) is 0 Å². The second-order valence-electron chi connectivity index (χ2n) is 17.4. The minimum absolute atomic E-state index is 0.177. The van der Waals surface area contributed by atoms with Crippen molar-refractivity contribution < 1.29 is 62.4 Å². The van der Waals surface area contributed by atoms with Gasteiger partial charge in [-0.3, -0.25) is 28.0 Å². The standard InChI is InChI=1S/C22H31O6PS2.C18H22O3S2.C14H14O2.C4H10O2S2/c1-5-26-29(24,27-6-2)28-12-14-31-30-13-11-25-22(23)18(4)19-9-10-20-15-17(3)7-8-21(20)16-19;1-13-3-4-17-12-15(5-6-16(17)11-13)14(2)18(20)21-8-10-23-22-9-7-19;1-9-3-4-13-8-11(10(2)14(15)16)5-6-12(13)7-9;5-1-3-7-8-4-2-6/h7-10,15-16,18H,5-6,11-14H2,1-4H3;3-6,11-12,14,19H,7-10H2,1-2H3;3-8,10H,1-2H3,(H,15,16);5-6H,1-4H2/t18-;14-;10-;/m000./s1. The Labute approximate surface area is 485 Å². The molecule has 0 saturated heterocycles. The predicted molar refractivity (Wildman–Crippen MR) is 334 cm³/mol. The molecule has 78 heavy (non-hydrogen) atoms. The number of hydrogen-bond acceptors (Lipinski definition) is 18. The Bertz CT molecular complexity index is 2770. The number of phosphoric acid groups is 1. The molecule has 0 heterocycles. The monoisotopic (exact) mass is 1200 g/mol. The summed E-state index contributed by atoms with van der Waals surface area (Å²) in [5.74, 6) is 1.99. The molecule has 4 N–H and O–H groups in total. The first kappa shape index (κ1) is 68.9. The Morgan fingerprint density at radius 3 is 1.05 bits per heavy atom. The van der Waals surface area contributed by atoms with Gasteiger partial charge in [0, 0.05) is 34.5 Å². The third-order valence-electron chi connectivity index (χ3n) is 11.2. The van der Waals surface area contributed by atoms with Crippen LogP contribution in [0, 0.1) is 20.8 Å². The van der Waals surface area contributed by atoms with Crippen molar-refractivity contribution in [2.75, 3.05) is 87.4 Å². The van der Waals surface area contributed by atoms with E-state index in [0.29, 0.717) is 30.5 Å². The number of rotatable bonds is 29. The van der Waals surface area contributed by atoms with Crippen LogP contribution in [0.4, 0.5) is 0 Å². The van der Waals surface area contributed by atoms with Gasteiger partial charge >= 0.3 is 25.7 Å². The number of fused-ring (bicyclic) bond motifs is 3. The summed E-state index contributed by atoms with van der Waals surface area (Å²) >= 11 is 0. The average molecular weight is 1210 g/mol. The van der Waals surface area contributed by atoms with Crippen LogP contribution >= 0.6 is 72.6 Å². The highest BCUT2D eigenvalue weighted by Gasteiger charge is 2.25. The van der Waals surface area contributed by atoms with E-state index in [-0.39, 0.29) is 63.4 Å². The molecule has 0 spiro atoms. The summed E-state index contributed by atoms with van der Waals surface area (Å²) in [4.78, 5) is 35.4. The van der Waals surface area contributed by atoms with E-state index in [9.17, 15) is 18.9 Å². The normalized spacial score (nSPS) is 12.3. The lowest BCUT2D eigenvalue weighted by Crippen LogP contribution is -2.14. The lowest BCUT2D eigenvalue weighted by atomic mass is 9.97. The fourth-order valence-electron chi connectivity index (χ4n) is 7.05. The van der Waals surface area contributed by atoms with Crippen LogP contribution in [0.3, 0.4) is 0 Å². The molecular weight excluding hydrogens is 1130 g/mol. The molecule has 0 saturated carbocycles. The Hall–Kier alpha value is -3.40. The number of aliphatic hydroxyl groups excluding tert-OH is 3. The zero-order chi connectivity index (χ0) is 57.3. The van der Waals surface area contributed by atoms with Gasteiger partial charge < -0.3 is 29.9 Å². The number of carboxylic acid groups (broad SMARTS) is 1. The number of benzene rings is 6. The summed E-state index contributed by atoms with van der Waals surface area (Å²) in [6, 6.07) is 36.8. The highest BCUT2D eigenvalue weighted by molar-refractivity contribution is 8.77. The number of carbonyl (C=O) groups excluding carboxylic acids is 2. The van der Waals surface area contributed by atoms with Crippen molar-refractivity contribution in [2.24, 2.45) is 0 Å². The van der Waals surface area contributed by atoms with Crippen molar-refractivity contribution in [3.63, 3.8) is 0 Å². The van der Waals surface area contributed by atoms with Crippen LogP contribution in [-0.2, 0) is 42.0 Å². The molecule has 20 heteroatoms. The van der Waals surface area contributed by atoms with E-state index in [1.165, 1.54) is 27.5 Å². The Morgan fingerprint density at radius 2 is 0.731 bits per heavy atom. The van der Waals surface area contributed by atoms with Gasteiger partial charge in [-0.25, -0.2) is 4.57 Å². The molecule has 6 aromatic carbocycles. The van der Waals surface area contributed by atoms with Gasteiger partial charge in [0.2, 0.25) is 0 Å². The fourth-order valence-corrected chi connectivity index (χ4v) is 13.1. The molecule has 0 fully saturated rings. The average Bonchev–Trinajstić information content (AvgIpc) is 3.44. The molecule has 0 aliphatic rings. The molecular formula is C58H77O13PS6. The van der Waals surface area contributed by atoms with Gasteiger partial charge in [-0.2, -0.15) is 0 Å². The molecule has 0 aliphatic heterocycles. The van der Waals surface area contributed by atoms with E-state index in [4.69, 9.17) is 43.5 Å². The third kappa shape index (κ3) is 26.0. The zero-order valence-corrected chi connectivity index (χ0v) is 51.7.